The van der Waals surface area contributed by atoms with E-state index in [2.05, 4.69) is 4.74 Å². The summed E-state index contributed by atoms with van der Waals surface area (Å²) in [4.78, 5) is 42.5. The Morgan fingerprint density at radius 1 is 1.14 bits per heavy atom. The standard InChI is InChI=1S/2C6H8N2O3/c1-2-11-6(10)8-5(9)3-4-7;1-2-8(6(10)11)5(9)3-4-7/h2-3H2,1H3,(H,8,9,10);2-3H2,1H3,(H,10,11). The number of nitrogens with zero attached hydrogens (tertiary/aromatic N) is 3. The average Bonchev–Trinajstić information content (AvgIpc) is 2.40. The second-order valence-electron chi connectivity index (χ2n) is 3.36. The zero-order valence-corrected chi connectivity index (χ0v) is 12.2. The lowest BCUT2D eigenvalue weighted by molar-refractivity contribution is -0.127. The lowest BCUT2D eigenvalue weighted by Crippen LogP contribution is -2.34. The van der Waals surface area contributed by atoms with Crippen LogP contribution in [0.3, 0.4) is 0 Å². The van der Waals surface area contributed by atoms with Crippen molar-refractivity contribution in [3.63, 3.8) is 0 Å². The molecule has 0 aromatic heterocycles. The molecular formula is C12H16N4O6. The topological polar surface area (TPSA) is 161 Å². The van der Waals surface area contributed by atoms with E-state index in [0.29, 0.717) is 4.90 Å². The number of nitrogens with one attached hydrogen (secondary N) is 1. The predicted molar refractivity (Wildman–Crippen MR) is 71.0 cm³/mol. The van der Waals surface area contributed by atoms with Crippen molar-refractivity contribution in [2.24, 2.45) is 0 Å². The van der Waals surface area contributed by atoms with Crippen LogP contribution in [0.1, 0.15) is 26.7 Å². The van der Waals surface area contributed by atoms with E-state index in [-0.39, 0.29) is 26.0 Å². The van der Waals surface area contributed by atoms with Gasteiger partial charge in [0.2, 0.25) is 11.8 Å². The molecule has 10 nitrogen and oxygen atoms in total. The molecule has 120 valence electrons. The number of amides is 4. The van der Waals surface area contributed by atoms with Gasteiger partial charge in [-0.3, -0.25) is 14.9 Å². The number of rotatable bonds is 4. The second kappa shape index (κ2) is 12.9. The molecule has 0 saturated heterocycles. The van der Waals surface area contributed by atoms with E-state index in [1.54, 1.807) is 19.1 Å². The normalized spacial score (nSPS) is 8.18. The van der Waals surface area contributed by atoms with Crippen LogP contribution >= 0.6 is 0 Å². The van der Waals surface area contributed by atoms with Gasteiger partial charge in [-0.1, -0.05) is 0 Å². The molecule has 22 heavy (non-hydrogen) atoms. The number of carbonyl (C=O) groups excluding carboxylic acids is 3. The Kier molecular flexibility index (Phi) is 12.4. The Morgan fingerprint density at radius 3 is 2.05 bits per heavy atom. The van der Waals surface area contributed by atoms with E-state index in [1.165, 1.54) is 6.92 Å². The Balaban J connectivity index is 0. The van der Waals surface area contributed by atoms with Crippen LogP contribution in [-0.2, 0) is 14.3 Å². The molecule has 0 heterocycles. The SMILES string of the molecule is CCN(C(=O)O)C(=O)CC#N.CCOC(=O)NC(=O)CC#N. The van der Waals surface area contributed by atoms with Gasteiger partial charge in [0.15, 0.2) is 0 Å². The molecule has 0 unspecified atom stereocenters. The number of alkyl carbamates (subject to hydrolysis) is 1. The maximum Gasteiger partial charge on any atom is 0.414 e. The van der Waals surface area contributed by atoms with E-state index in [0.717, 1.165) is 0 Å². The van der Waals surface area contributed by atoms with E-state index in [1.807, 2.05) is 5.32 Å². The van der Waals surface area contributed by atoms with Gasteiger partial charge in [0.1, 0.15) is 12.8 Å². The van der Waals surface area contributed by atoms with Crippen molar-refractivity contribution in [1.82, 2.24) is 10.2 Å². The summed E-state index contributed by atoms with van der Waals surface area (Å²) in [6.45, 7) is 3.43. The lowest BCUT2D eigenvalue weighted by atomic mass is 10.4. The lowest BCUT2D eigenvalue weighted by Gasteiger charge is -2.11. The monoisotopic (exact) mass is 312 g/mol. The zero-order valence-electron chi connectivity index (χ0n) is 12.2. The summed E-state index contributed by atoms with van der Waals surface area (Å²) in [6.07, 6.45) is -2.85. The quantitative estimate of drug-likeness (QED) is 0.762. The molecule has 0 spiro atoms. The molecule has 0 radical (unpaired) electrons. The van der Waals surface area contributed by atoms with Gasteiger partial charge < -0.3 is 9.84 Å². The smallest absolute Gasteiger partial charge is 0.414 e. The molecule has 0 fully saturated rings. The Bertz CT molecular complexity index is 489. The van der Waals surface area contributed by atoms with Crippen LogP contribution < -0.4 is 5.32 Å². The first-order valence-electron chi connectivity index (χ1n) is 6.07. The van der Waals surface area contributed by atoms with Gasteiger partial charge in [0.05, 0.1) is 18.7 Å². The van der Waals surface area contributed by atoms with E-state index in [9.17, 15) is 19.2 Å². The number of carbonyl (C=O) groups is 4. The van der Waals surface area contributed by atoms with Crippen molar-refractivity contribution in [2.75, 3.05) is 13.2 Å². The maximum atomic E-state index is 10.7. The fourth-order valence-electron chi connectivity index (χ4n) is 0.978. The highest BCUT2D eigenvalue weighted by atomic mass is 16.5. The van der Waals surface area contributed by atoms with Gasteiger partial charge in [-0.2, -0.15) is 10.5 Å². The number of nitriles is 2. The number of hydrogen-bond acceptors (Lipinski definition) is 7. The summed E-state index contributed by atoms with van der Waals surface area (Å²) in [5.41, 5.74) is 0. The third-order valence-corrected chi connectivity index (χ3v) is 1.83. The molecule has 0 bridgehead atoms. The van der Waals surface area contributed by atoms with Crippen LogP contribution in [0, 0.1) is 22.7 Å². The van der Waals surface area contributed by atoms with Crippen molar-refractivity contribution in [3.8, 4) is 12.1 Å². The maximum absolute atomic E-state index is 10.7. The van der Waals surface area contributed by atoms with E-state index >= 15 is 0 Å². The minimum Gasteiger partial charge on any atom is -0.465 e. The summed E-state index contributed by atoms with van der Waals surface area (Å²) in [6, 6.07) is 3.18. The van der Waals surface area contributed by atoms with Crippen LogP contribution in [0.25, 0.3) is 0 Å². The molecule has 2 N–H and O–H groups in total. The third kappa shape index (κ3) is 10.8. The molecular weight excluding hydrogens is 296 g/mol. The van der Waals surface area contributed by atoms with Crippen molar-refractivity contribution in [2.45, 2.75) is 26.7 Å². The third-order valence-electron chi connectivity index (χ3n) is 1.83. The van der Waals surface area contributed by atoms with Crippen molar-refractivity contribution < 1.29 is 29.0 Å². The molecule has 0 aliphatic carbocycles. The summed E-state index contributed by atoms with van der Waals surface area (Å²) < 4.78 is 4.38. The number of carboxylic acid groups (broad SMARTS) is 1. The highest BCUT2D eigenvalue weighted by Gasteiger charge is 2.17. The minimum atomic E-state index is -1.31. The van der Waals surface area contributed by atoms with Gasteiger partial charge >= 0.3 is 12.2 Å². The van der Waals surface area contributed by atoms with Gasteiger partial charge in [-0.15, -0.1) is 0 Å². The van der Waals surface area contributed by atoms with E-state index in [4.69, 9.17) is 15.6 Å². The largest absolute Gasteiger partial charge is 0.465 e. The molecule has 0 atom stereocenters. The molecule has 0 saturated carbocycles. The van der Waals surface area contributed by atoms with Crippen LogP contribution in [0.5, 0.6) is 0 Å². The van der Waals surface area contributed by atoms with Crippen LogP contribution in [0.4, 0.5) is 9.59 Å². The first-order valence-corrected chi connectivity index (χ1v) is 6.07. The molecule has 10 heteroatoms. The molecule has 0 rings (SSSR count). The van der Waals surface area contributed by atoms with Crippen LogP contribution in [0.15, 0.2) is 0 Å². The zero-order chi connectivity index (χ0) is 17.5. The molecule has 0 aliphatic rings. The Labute approximate surface area is 126 Å². The predicted octanol–water partition coefficient (Wildman–Crippen LogP) is 0.599. The molecule has 0 aliphatic heterocycles. The van der Waals surface area contributed by atoms with Crippen molar-refractivity contribution in [3.05, 3.63) is 0 Å². The van der Waals surface area contributed by atoms with E-state index < -0.39 is 24.0 Å². The van der Waals surface area contributed by atoms with Crippen molar-refractivity contribution in [1.29, 1.82) is 10.5 Å². The fraction of sp³-hybridized carbons (Fsp3) is 0.500. The summed E-state index contributed by atoms with van der Waals surface area (Å²) in [7, 11) is 0. The van der Waals surface area contributed by atoms with Crippen LogP contribution in [-0.4, -0.2) is 47.2 Å². The Morgan fingerprint density at radius 2 is 1.68 bits per heavy atom. The second-order valence-corrected chi connectivity index (χ2v) is 3.36. The fourth-order valence-corrected chi connectivity index (χ4v) is 0.978. The highest BCUT2D eigenvalue weighted by Crippen LogP contribution is 1.93. The van der Waals surface area contributed by atoms with Gasteiger partial charge in [-0.25, -0.2) is 14.5 Å². The molecule has 0 aromatic carbocycles. The number of hydrogen-bond donors (Lipinski definition) is 2. The Hall–Kier alpha value is -3.14. The molecule has 4 amide bonds. The first-order chi connectivity index (χ1) is 10.3. The highest BCUT2D eigenvalue weighted by molar-refractivity contribution is 5.92. The summed E-state index contributed by atoms with van der Waals surface area (Å²) >= 11 is 0. The van der Waals surface area contributed by atoms with Crippen molar-refractivity contribution >= 4 is 24.0 Å². The number of imide groups is 2. The minimum absolute atomic E-state index is 0.0792. The summed E-state index contributed by atoms with van der Waals surface area (Å²) in [5, 5.41) is 26.3. The van der Waals surface area contributed by atoms with Gasteiger partial charge in [-0.05, 0) is 13.8 Å². The van der Waals surface area contributed by atoms with Crippen LogP contribution in [0.2, 0.25) is 0 Å². The first kappa shape index (κ1) is 21.2. The molecule has 0 aromatic rings. The number of ether oxygens (including phenoxy) is 1. The van der Waals surface area contributed by atoms with Gasteiger partial charge in [0.25, 0.3) is 0 Å². The van der Waals surface area contributed by atoms with Gasteiger partial charge in [0, 0.05) is 6.54 Å². The summed E-state index contributed by atoms with van der Waals surface area (Å²) in [5.74, 6) is -1.33. The average molecular weight is 312 g/mol.